The summed E-state index contributed by atoms with van der Waals surface area (Å²) < 4.78 is 66.9. The van der Waals surface area contributed by atoms with Crippen LogP contribution in [0, 0.1) is 11.8 Å². The van der Waals surface area contributed by atoms with Crippen molar-refractivity contribution in [1.29, 1.82) is 0 Å². The lowest BCUT2D eigenvalue weighted by atomic mass is 10.0. The monoisotopic (exact) mass is 693 g/mol. The van der Waals surface area contributed by atoms with Crippen LogP contribution >= 0.6 is 0 Å². The number of hydrogen-bond donors (Lipinski definition) is 3. The molecule has 2 aromatic rings. The number of primary amides is 1. The molecule has 0 radical (unpaired) electrons. The maximum Gasteiger partial charge on any atom is 0.407 e. The first kappa shape index (κ1) is 35.5. The van der Waals surface area contributed by atoms with Crippen molar-refractivity contribution in [1.82, 2.24) is 9.62 Å². The van der Waals surface area contributed by atoms with Crippen LogP contribution in [0.2, 0.25) is 0 Å². The van der Waals surface area contributed by atoms with Gasteiger partial charge in [-0.1, -0.05) is 26.0 Å². The molecule has 3 aliphatic rings. The highest BCUT2D eigenvalue weighted by atomic mass is 32.2. The van der Waals surface area contributed by atoms with Gasteiger partial charge in [0.1, 0.15) is 11.9 Å². The van der Waals surface area contributed by atoms with Gasteiger partial charge >= 0.3 is 12.2 Å². The third-order valence-corrected chi connectivity index (χ3v) is 9.96. The number of nitrogens with two attached hydrogens (primary N) is 1. The molecule has 16 heteroatoms. The Morgan fingerprint density at radius 3 is 2.58 bits per heavy atom. The number of carbonyl (C=O) groups is 2. The van der Waals surface area contributed by atoms with Crippen molar-refractivity contribution in [2.24, 2.45) is 17.6 Å². The number of amides is 2. The number of sulfonamides is 1. The third kappa shape index (κ3) is 9.19. The largest absolute Gasteiger partial charge is 0.493 e. The molecule has 5 rings (SSSR count). The minimum Gasteiger partial charge on any atom is -0.493 e. The normalized spacial score (nSPS) is 21.1. The first-order valence-electron chi connectivity index (χ1n) is 15.9. The fourth-order valence-electron chi connectivity index (χ4n) is 5.75. The molecule has 2 saturated heterocycles. The molecule has 0 spiro atoms. The number of aliphatic hydroxyl groups is 1. The summed E-state index contributed by atoms with van der Waals surface area (Å²) in [6, 6.07) is 10.5. The number of alkyl carbamates (subject to hydrolysis) is 1. The minimum absolute atomic E-state index is 0.00284. The van der Waals surface area contributed by atoms with E-state index in [1.807, 2.05) is 13.8 Å². The second-order valence-corrected chi connectivity index (χ2v) is 14.2. The Kier molecular flexibility index (Phi) is 11.9. The first-order chi connectivity index (χ1) is 23.0. The molecular formula is C32H43N3O12S. The maximum absolute atomic E-state index is 13.9. The van der Waals surface area contributed by atoms with E-state index in [9.17, 15) is 23.1 Å². The average Bonchev–Trinajstić information content (AvgIpc) is 3.79. The van der Waals surface area contributed by atoms with E-state index in [4.69, 9.17) is 38.9 Å². The van der Waals surface area contributed by atoms with Gasteiger partial charge in [-0.2, -0.15) is 4.31 Å². The summed E-state index contributed by atoms with van der Waals surface area (Å²) in [6.45, 7) is 4.70. The molecule has 264 valence electrons. The standard InChI is InChI=1S/C32H43N3O12S/c1-20(2)16-35(48(39,40)23-8-9-27-28(15-23)46-19-45-27)17-26(36)25(34-32(38)47-29-18-44-30-24(29)10-13-42-30)14-21-4-6-22(7-5-21)41-11-3-12-43-31(33)37/h4-9,15,20,24-26,29-30,36H,3,10-14,16-19H2,1-2H3,(H2,33,37)(H,34,38)/t24?,25-,26+,29?,30?/m0/s1. The number of fused-ring (bicyclic) bond motifs is 2. The second kappa shape index (κ2) is 16.0. The highest BCUT2D eigenvalue weighted by Crippen LogP contribution is 2.35. The summed E-state index contributed by atoms with van der Waals surface area (Å²) in [4.78, 5) is 23.9. The fraction of sp³-hybridized carbons (Fsp3) is 0.562. The Morgan fingerprint density at radius 2 is 1.83 bits per heavy atom. The van der Waals surface area contributed by atoms with Gasteiger partial charge in [-0.05, 0) is 48.6 Å². The molecule has 48 heavy (non-hydrogen) atoms. The zero-order valence-corrected chi connectivity index (χ0v) is 27.8. The van der Waals surface area contributed by atoms with Crippen LogP contribution in [0.5, 0.6) is 17.2 Å². The van der Waals surface area contributed by atoms with E-state index < -0.39 is 46.7 Å². The van der Waals surface area contributed by atoms with Gasteiger partial charge < -0.3 is 49.3 Å². The molecule has 0 aliphatic carbocycles. The molecule has 3 unspecified atom stereocenters. The van der Waals surface area contributed by atoms with Gasteiger partial charge in [0.25, 0.3) is 0 Å². The lowest BCUT2D eigenvalue weighted by Gasteiger charge is -2.31. The zero-order chi connectivity index (χ0) is 34.3. The quantitative estimate of drug-likeness (QED) is 0.218. The fourth-order valence-corrected chi connectivity index (χ4v) is 7.39. The van der Waals surface area contributed by atoms with Crippen LogP contribution in [-0.4, -0.2) is 101 Å². The molecular weight excluding hydrogens is 650 g/mol. The van der Waals surface area contributed by atoms with Gasteiger partial charge in [0, 0.05) is 25.6 Å². The number of aliphatic hydroxyl groups excluding tert-OH is 1. The molecule has 5 atom stereocenters. The maximum atomic E-state index is 13.9. The second-order valence-electron chi connectivity index (χ2n) is 12.2. The van der Waals surface area contributed by atoms with E-state index in [0.29, 0.717) is 43.3 Å². The Labute approximate surface area is 279 Å². The van der Waals surface area contributed by atoms with Gasteiger partial charge in [-0.15, -0.1) is 0 Å². The van der Waals surface area contributed by atoms with Crippen LogP contribution in [0.4, 0.5) is 9.59 Å². The number of carbonyl (C=O) groups excluding carboxylic acids is 2. The van der Waals surface area contributed by atoms with Gasteiger partial charge in [0.15, 0.2) is 17.8 Å². The minimum atomic E-state index is -4.09. The number of rotatable bonds is 16. The Hall–Kier alpha value is -3.83. The predicted molar refractivity (Wildman–Crippen MR) is 169 cm³/mol. The summed E-state index contributed by atoms with van der Waals surface area (Å²) in [5, 5.41) is 14.4. The van der Waals surface area contributed by atoms with E-state index >= 15 is 0 Å². The summed E-state index contributed by atoms with van der Waals surface area (Å²) in [5.41, 5.74) is 5.70. The van der Waals surface area contributed by atoms with E-state index in [1.165, 1.54) is 22.5 Å². The van der Waals surface area contributed by atoms with Gasteiger partial charge in [0.05, 0.1) is 49.4 Å². The summed E-state index contributed by atoms with van der Waals surface area (Å²) in [7, 11) is -4.09. The third-order valence-electron chi connectivity index (χ3n) is 8.13. The number of benzene rings is 2. The Bertz CT molecular complexity index is 1510. The van der Waals surface area contributed by atoms with Crippen molar-refractivity contribution in [2.75, 3.05) is 46.3 Å². The molecule has 4 N–H and O–H groups in total. The van der Waals surface area contributed by atoms with E-state index in [2.05, 4.69) is 5.32 Å². The molecule has 0 bridgehead atoms. The smallest absolute Gasteiger partial charge is 0.407 e. The highest BCUT2D eigenvalue weighted by Gasteiger charge is 2.44. The lowest BCUT2D eigenvalue weighted by molar-refractivity contribution is -0.0907. The van der Waals surface area contributed by atoms with Crippen LogP contribution in [-0.2, 0) is 35.4 Å². The van der Waals surface area contributed by atoms with Crippen molar-refractivity contribution in [3.05, 3.63) is 48.0 Å². The number of nitrogens with zero attached hydrogens (tertiary/aromatic N) is 1. The molecule has 2 aromatic carbocycles. The average molecular weight is 694 g/mol. The summed E-state index contributed by atoms with van der Waals surface area (Å²) in [5.74, 6) is 1.18. The van der Waals surface area contributed by atoms with Crippen molar-refractivity contribution in [3.63, 3.8) is 0 Å². The summed E-state index contributed by atoms with van der Waals surface area (Å²) in [6.07, 6.45) is -2.55. The van der Waals surface area contributed by atoms with Gasteiger partial charge in [-0.3, -0.25) is 0 Å². The van der Waals surface area contributed by atoms with Crippen LogP contribution < -0.4 is 25.3 Å². The van der Waals surface area contributed by atoms with E-state index in [1.54, 1.807) is 24.3 Å². The van der Waals surface area contributed by atoms with Crippen molar-refractivity contribution >= 4 is 22.2 Å². The highest BCUT2D eigenvalue weighted by molar-refractivity contribution is 7.89. The zero-order valence-electron chi connectivity index (χ0n) is 26.9. The van der Waals surface area contributed by atoms with Crippen LogP contribution in [0.15, 0.2) is 47.4 Å². The number of hydrogen-bond acceptors (Lipinski definition) is 12. The lowest BCUT2D eigenvalue weighted by Crippen LogP contribution is -2.51. The molecule has 2 fully saturated rings. The molecule has 15 nitrogen and oxygen atoms in total. The first-order valence-corrected chi connectivity index (χ1v) is 17.4. The molecule has 3 heterocycles. The SMILES string of the molecule is CC(C)CN(C[C@@H](O)[C@H](Cc1ccc(OCCCOC(N)=O)cc1)NC(=O)OC1COC2OCCC12)S(=O)(=O)c1ccc2c(c1)OCO2. The van der Waals surface area contributed by atoms with Crippen molar-refractivity contribution < 1.29 is 56.3 Å². The molecule has 0 aromatic heterocycles. The van der Waals surface area contributed by atoms with Crippen molar-refractivity contribution in [3.8, 4) is 17.2 Å². The van der Waals surface area contributed by atoms with E-state index in [-0.39, 0.29) is 56.2 Å². The topological polar surface area (TPSA) is 194 Å². The Morgan fingerprint density at radius 1 is 1.06 bits per heavy atom. The number of ether oxygens (including phenoxy) is 7. The van der Waals surface area contributed by atoms with E-state index in [0.717, 1.165) is 5.56 Å². The van der Waals surface area contributed by atoms with Gasteiger partial charge in [-0.25, -0.2) is 18.0 Å². The Balaban J connectivity index is 1.29. The van der Waals surface area contributed by atoms with Crippen LogP contribution in [0.25, 0.3) is 0 Å². The van der Waals surface area contributed by atoms with Gasteiger partial charge in [0.2, 0.25) is 16.8 Å². The molecule has 0 saturated carbocycles. The molecule has 2 amide bonds. The van der Waals surface area contributed by atoms with Crippen molar-refractivity contribution in [2.45, 2.75) is 62.5 Å². The summed E-state index contributed by atoms with van der Waals surface area (Å²) >= 11 is 0. The van der Waals surface area contributed by atoms with Crippen LogP contribution in [0.3, 0.4) is 0 Å². The van der Waals surface area contributed by atoms with Crippen LogP contribution in [0.1, 0.15) is 32.3 Å². The predicted octanol–water partition coefficient (Wildman–Crippen LogP) is 2.39. The molecule has 3 aliphatic heterocycles. The number of nitrogens with one attached hydrogen (secondary N) is 1.